The number of carbonyl (C=O) groups excluding carboxylic acids is 2. The molecule has 0 spiro atoms. The van der Waals surface area contributed by atoms with E-state index in [2.05, 4.69) is 5.16 Å². The Morgan fingerprint density at radius 3 is 2.46 bits per heavy atom. The van der Waals surface area contributed by atoms with Gasteiger partial charge in [0.2, 0.25) is 0 Å². The van der Waals surface area contributed by atoms with Crippen molar-refractivity contribution in [2.45, 2.75) is 4.90 Å². The molecule has 7 nitrogen and oxygen atoms in total. The normalized spacial score (nSPS) is 11.1. The third-order valence-corrected chi connectivity index (χ3v) is 4.21. The average molecular weight is 394 g/mol. The highest BCUT2D eigenvalue weighted by molar-refractivity contribution is 7.98. The molecule has 0 atom stereocenters. The molecule has 0 aliphatic rings. The van der Waals surface area contributed by atoms with Crippen LogP contribution >= 0.6 is 23.4 Å². The zero-order valence-corrected chi connectivity index (χ0v) is 15.3. The van der Waals surface area contributed by atoms with Gasteiger partial charge in [-0.2, -0.15) is 0 Å². The number of amidine groups is 1. The first-order valence-corrected chi connectivity index (χ1v) is 8.91. The Labute approximate surface area is 159 Å². The van der Waals surface area contributed by atoms with E-state index in [-0.39, 0.29) is 23.0 Å². The number of hydrogen-bond donors (Lipinski definition) is 2. The first kappa shape index (κ1) is 19.6. The lowest BCUT2D eigenvalue weighted by Crippen LogP contribution is -2.20. The van der Waals surface area contributed by atoms with Gasteiger partial charge in [0, 0.05) is 10.5 Å². The average Bonchev–Trinajstić information content (AvgIpc) is 2.65. The zero-order valence-electron chi connectivity index (χ0n) is 13.8. The number of halogens is 1. The summed E-state index contributed by atoms with van der Waals surface area (Å²) in [5, 5.41) is 3.90. The Balaban J connectivity index is 2.05. The fraction of sp³-hybridized carbons (Fsp3) is 0.118. The molecule has 0 saturated carbocycles. The molecule has 0 fully saturated rings. The van der Waals surface area contributed by atoms with Crippen LogP contribution in [0.25, 0.3) is 0 Å². The molecule has 2 aromatic carbocycles. The second-order valence-electron chi connectivity index (χ2n) is 4.98. The standard InChI is InChI=1S/C17H16ClN3O4S/c1-26-12-6-7-14(18)13(8-12)17(23)25-21-16(20)10-2-4-11(5-3-10)24-9-15(19)22/h2-8H,9H2,1H3,(H2,19,22)(H2,20,21). The number of oxime groups is 1. The molecule has 9 heteroatoms. The Morgan fingerprint density at radius 2 is 1.85 bits per heavy atom. The van der Waals surface area contributed by atoms with E-state index in [9.17, 15) is 9.59 Å². The maximum absolute atomic E-state index is 12.1. The van der Waals surface area contributed by atoms with Crippen LogP contribution in [0.5, 0.6) is 5.75 Å². The van der Waals surface area contributed by atoms with Crippen molar-refractivity contribution >= 4 is 41.1 Å². The van der Waals surface area contributed by atoms with E-state index < -0.39 is 11.9 Å². The van der Waals surface area contributed by atoms with E-state index in [4.69, 9.17) is 32.6 Å². The number of thioether (sulfide) groups is 1. The topological polar surface area (TPSA) is 117 Å². The highest BCUT2D eigenvalue weighted by atomic mass is 35.5. The van der Waals surface area contributed by atoms with Gasteiger partial charge in [-0.05, 0) is 48.7 Å². The smallest absolute Gasteiger partial charge is 0.367 e. The molecule has 26 heavy (non-hydrogen) atoms. The lowest BCUT2D eigenvalue weighted by Gasteiger charge is -2.06. The number of benzene rings is 2. The predicted molar refractivity (Wildman–Crippen MR) is 101 cm³/mol. The van der Waals surface area contributed by atoms with Crippen LogP contribution in [0.1, 0.15) is 15.9 Å². The van der Waals surface area contributed by atoms with Crippen LogP contribution in [0.2, 0.25) is 5.02 Å². The number of ether oxygens (including phenoxy) is 1. The van der Waals surface area contributed by atoms with Gasteiger partial charge < -0.3 is 21.0 Å². The van der Waals surface area contributed by atoms with Gasteiger partial charge >= 0.3 is 5.97 Å². The molecule has 0 aromatic heterocycles. The highest BCUT2D eigenvalue weighted by Gasteiger charge is 2.13. The minimum absolute atomic E-state index is 0.00283. The van der Waals surface area contributed by atoms with Gasteiger partial charge in [-0.3, -0.25) is 4.79 Å². The van der Waals surface area contributed by atoms with Gasteiger partial charge in [-0.15, -0.1) is 11.8 Å². The molecule has 0 radical (unpaired) electrons. The van der Waals surface area contributed by atoms with Crippen LogP contribution in [-0.4, -0.2) is 30.6 Å². The number of carbonyl (C=O) groups is 2. The molecular formula is C17H16ClN3O4S. The third kappa shape index (κ3) is 5.40. The minimum atomic E-state index is -0.713. The first-order valence-electron chi connectivity index (χ1n) is 7.30. The summed E-state index contributed by atoms with van der Waals surface area (Å²) in [5.41, 5.74) is 11.5. The van der Waals surface area contributed by atoms with Gasteiger partial charge in [0.15, 0.2) is 12.4 Å². The van der Waals surface area contributed by atoms with Crippen molar-refractivity contribution in [3.63, 3.8) is 0 Å². The second kappa shape index (κ2) is 9.12. The van der Waals surface area contributed by atoms with Gasteiger partial charge in [0.05, 0.1) is 10.6 Å². The van der Waals surface area contributed by atoms with Gasteiger partial charge in [0.1, 0.15) is 5.75 Å². The van der Waals surface area contributed by atoms with Crippen molar-refractivity contribution < 1.29 is 19.2 Å². The molecule has 0 heterocycles. The summed E-state index contributed by atoms with van der Waals surface area (Å²) < 4.78 is 5.14. The lowest BCUT2D eigenvalue weighted by molar-refractivity contribution is -0.119. The summed E-state index contributed by atoms with van der Waals surface area (Å²) in [5.74, 6) is -0.850. The van der Waals surface area contributed by atoms with Crippen LogP contribution in [0, 0.1) is 0 Å². The highest BCUT2D eigenvalue weighted by Crippen LogP contribution is 2.23. The molecule has 0 saturated heterocycles. The number of rotatable bonds is 7. The minimum Gasteiger partial charge on any atom is -0.484 e. The van der Waals surface area contributed by atoms with Crippen molar-refractivity contribution in [3.05, 3.63) is 58.6 Å². The summed E-state index contributed by atoms with van der Waals surface area (Å²) in [6.07, 6.45) is 1.88. The van der Waals surface area contributed by atoms with E-state index in [1.807, 2.05) is 6.26 Å². The molecule has 4 N–H and O–H groups in total. The van der Waals surface area contributed by atoms with Crippen LogP contribution in [0.3, 0.4) is 0 Å². The van der Waals surface area contributed by atoms with Crippen molar-refractivity contribution in [3.8, 4) is 5.75 Å². The molecule has 0 unspecified atom stereocenters. The Hall–Kier alpha value is -2.71. The van der Waals surface area contributed by atoms with E-state index in [1.165, 1.54) is 11.8 Å². The van der Waals surface area contributed by atoms with Crippen LogP contribution < -0.4 is 16.2 Å². The summed E-state index contributed by atoms with van der Waals surface area (Å²) in [7, 11) is 0. The fourth-order valence-corrected chi connectivity index (χ4v) is 2.49. The van der Waals surface area contributed by atoms with Gasteiger partial charge in [0.25, 0.3) is 5.91 Å². The number of nitrogens with zero attached hydrogens (tertiary/aromatic N) is 1. The van der Waals surface area contributed by atoms with E-state index in [0.29, 0.717) is 11.3 Å². The molecule has 0 aliphatic heterocycles. The SMILES string of the molecule is CSc1ccc(Cl)c(C(=O)O/N=C(\N)c2ccc(OCC(N)=O)cc2)c1. The monoisotopic (exact) mass is 393 g/mol. The van der Waals surface area contributed by atoms with Crippen molar-refractivity contribution in [1.29, 1.82) is 0 Å². The van der Waals surface area contributed by atoms with Gasteiger partial charge in [-0.1, -0.05) is 16.8 Å². The lowest BCUT2D eigenvalue weighted by atomic mass is 10.2. The number of amides is 1. The molecule has 2 aromatic rings. The summed E-state index contributed by atoms with van der Waals surface area (Å²) >= 11 is 7.48. The number of nitrogens with two attached hydrogens (primary N) is 2. The Morgan fingerprint density at radius 1 is 1.15 bits per heavy atom. The van der Waals surface area contributed by atoms with Crippen molar-refractivity contribution in [1.82, 2.24) is 0 Å². The van der Waals surface area contributed by atoms with Crippen LogP contribution in [0.4, 0.5) is 0 Å². The van der Waals surface area contributed by atoms with Gasteiger partial charge in [-0.25, -0.2) is 4.79 Å². The maximum Gasteiger partial charge on any atom is 0.367 e. The van der Waals surface area contributed by atoms with E-state index in [0.717, 1.165) is 4.90 Å². The number of hydrogen-bond acceptors (Lipinski definition) is 6. The Kier molecular flexibility index (Phi) is 6.88. The molecule has 136 valence electrons. The molecule has 1 amide bonds. The maximum atomic E-state index is 12.1. The second-order valence-corrected chi connectivity index (χ2v) is 6.27. The van der Waals surface area contributed by atoms with E-state index in [1.54, 1.807) is 42.5 Å². The first-order chi connectivity index (χ1) is 12.4. The molecule has 2 rings (SSSR count). The van der Waals surface area contributed by atoms with E-state index >= 15 is 0 Å². The third-order valence-electron chi connectivity index (χ3n) is 3.15. The largest absolute Gasteiger partial charge is 0.484 e. The Bertz CT molecular complexity index is 840. The fourth-order valence-electron chi connectivity index (χ4n) is 1.86. The zero-order chi connectivity index (χ0) is 19.1. The molecular weight excluding hydrogens is 378 g/mol. The quantitative estimate of drug-likeness (QED) is 0.245. The molecule has 0 bridgehead atoms. The van der Waals surface area contributed by atoms with Crippen molar-refractivity contribution in [2.24, 2.45) is 16.6 Å². The predicted octanol–water partition coefficient (Wildman–Crippen LogP) is 2.40. The van der Waals surface area contributed by atoms with Crippen LogP contribution in [0.15, 0.2) is 52.5 Å². The summed E-state index contributed by atoms with van der Waals surface area (Å²) in [6.45, 7) is -0.226. The molecule has 0 aliphatic carbocycles. The summed E-state index contributed by atoms with van der Waals surface area (Å²) in [4.78, 5) is 28.5. The summed E-state index contributed by atoms with van der Waals surface area (Å²) in [6, 6.07) is 11.4. The number of primary amides is 1. The van der Waals surface area contributed by atoms with Crippen molar-refractivity contribution in [2.75, 3.05) is 12.9 Å². The van der Waals surface area contributed by atoms with Crippen LogP contribution in [-0.2, 0) is 9.63 Å².